The van der Waals surface area contributed by atoms with Crippen LogP contribution in [0.25, 0.3) is 0 Å². The Kier molecular flexibility index (Phi) is 6.39. The van der Waals surface area contributed by atoms with E-state index in [-0.39, 0.29) is 0 Å². The Labute approximate surface area is 75.9 Å². The van der Waals surface area contributed by atoms with E-state index >= 15 is 0 Å². The van der Waals surface area contributed by atoms with Crippen molar-refractivity contribution in [3.05, 3.63) is 36.5 Å². The molecule has 0 spiro atoms. The second-order valence-corrected chi connectivity index (χ2v) is 2.65. The molecular weight excluding hydrogens is 146 g/mol. The Morgan fingerprint density at radius 1 is 1.58 bits per heavy atom. The van der Waals surface area contributed by atoms with Gasteiger partial charge in [0.1, 0.15) is 0 Å². The van der Waals surface area contributed by atoms with Crippen LogP contribution in [0.5, 0.6) is 0 Å². The summed E-state index contributed by atoms with van der Waals surface area (Å²) in [6.07, 6.45) is 9.15. The fourth-order valence-electron chi connectivity index (χ4n) is 1.14. The zero-order chi connectivity index (χ0) is 9.40. The first-order valence-electron chi connectivity index (χ1n) is 4.42. The van der Waals surface area contributed by atoms with E-state index in [9.17, 15) is 0 Å². The molecule has 0 aliphatic heterocycles. The van der Waals surface area contributed by atoms with Crippen LogP contribution in [-0.2, 0) is 0 Å². The van der Waals surface area contributed by atoms with Gasteiger partial charge in [-0.25, -0.2) is 0 Å². The highest BCUT2D eigenvalue weighted by molar-refractivity contribution is 5.26. The van der Waals surface area contributed by atoms with Gasteiger partial charge in [0.05, 0.1) is 0 Å². The number of rotatable bonds is 5. The fourth-order valence-corrected chi connectivity index (χ4v) is 1.14. The molecule has 0 bridgehead atoms. The first-order chi connectivity index (χ1) is 5.79. The van der Waals surface area contributed by atoms with E-state index in [1.165, 1.54) is 5.57 Å². The standard InChI is InChI=1S/C11H19N/c1-5-8-9-10(6-2)11(7-3)12-4/h5-6,8-9,11-12H,2,7H2,1,3-4H3/b8-5-,10-9+. The molecule has 1 heteroatoms. The third-order valence-electron chi connectivity index (χ3n) is 1.88. The molecule has 0 aromatic rings. The molecule has 0 saturated carbocycles. The van der Waals surface area contributed by atoms with Crippen molar-refractivity contribution in [1.82, 2.24) is 5.32 Å². The minimum Gasteiger partial charge on any atom is -0.313 e. The zero-order valence-electron chi connectivity index (χ0n) is 8.30. The van der Waals surface area contributed by atoms with Gasteiger partial charge in [0.2, 0.25) is 0 Å². The number of nitrogens with one attached hydrogen (secondary N) is 1. The lowest BCUT2D eigenvalue weighted by Gasteiger charge is -2.14. The minimum atomic E-state index is 0.429. The van der Waals surface area contributed by atoms with Crippen molar-refractivity contribution in [2.45, 2.75) is 26.3 Å². The van der Waals surface area contributed by atoms with Crippen LogP contribution in [0.3, 0.4) is 0 Å². The topological polar surface area (TPSA) is 12.0 Å². The van der Waals surface area contributed by atoms with Gasteiger partial charge in [-0.2, -0.15) is 0 Å². The first-order valence-corrected chi connectivity index (χ1v) is 4.42. The van der Waals surface area contributed by atoms with Crippen LogP contribution in [0.15, 0.2) is 36.5 Å². The third-order valence-corrected chi connectivity index (χ3v) is 1.88. The van der Waals surface area contributed by atoms with E-state index in [0.29, 0.717) is 6.04 Å². The monoisotopic (exact) mass is 165 g/mol. The largest absolute Gasteiger partial charge is 0.313 e. The fraction of sp³-hybridized carbons (Fsp3) is 0.455. The highest BCUT2D eigenvalue weighted by atomic mass is 14.9. The number of allylic oxidation sites excluding steroid dienone is 3. The molecule has 0 aliphatic carbocycles. The summed E-state index contributed by atoms with van der Waals surface area (Å²) in [5.41, 5.74) is 1.25. The maximum absolute atomic E-state index is 3.79. The normalized spacial score (nSPS) is 15.1. The lowest BCUT2D eigenvalue weighted by Crippen LogP contribution is -2.25. The lowest BCUT2D eigenvalue weighted by atomic mass is 10.0. The molecule has 0 amide bonds. The smallest absolute Gasteiger partial charge is 0.0314 e. The van der Waals surface area contributed by atoms with Crippen molar-refractivity contribution < 1.29 is 0 Å². The van der Waals surface area contributed by atoms with Gasteiger partial charge in [0.25, 0.3) is 0 Å². The number of hydrogen-bond donors (Lipinski definition) is 1. The van der Waals surface area contributed by atoms with Crippen LogP contribution < -0.4 is 5.32 Å². The molecule has 1 atom stereocenters. The van der Waals surface area contributed by atoms with E-state index in [1.807, 2.05) is 32.2 Å². The average molecular weight is 165 g/mol. The molecule has 0 fully saturated rings. The molecule has 0 aromatic carbocycles. The number of hydrogen-bond acceptors (Lipinski definition) is 1. The van der Waals surface area contributed by atoms with E-state index in [1.54, 1.807) is 0 Å². The van der Waals surface area contributed by atoms with Crippen LogP contribution in [-0.4, -0.2) is 13.1 Å². The Hall–Kier alpha value is -0.820. The molecular formula is C11H19N. The molecule has 0 rings (SSSR count). The van der Waals surface area contributed by atoms with Crippen molar-refractivity contribution in [2.75, 3.05) is 7.05 Å². The van der Waals surface area contributed by atoms with Crippen LogP contribution in [0, 0.1) is 0 Å². The summed E-state index contributed by atoms with van der Waals surface area (Å²) in [6, 6.07) is 0.429. The van der Waals surface area contributed by atoms with Crippen molar-refractivity contribution in [1.29, 1.82) is 0 Å². The van der Waals surface area contributed by atoms with Gasteiger partial charge < -0.3 is 5.32 Å². The highest BCUT2D eigenvalue weighted by Gasteiger charge is 2.04. The van der Waals surface area contributed by atoms with Gasteiger partial charge in [0, 0.05) is 6.04 Å². The Morgan fingerprint density at radius 3 is 2.58 bits per heavy atom. The molecule has 1 N–H and O–H groups in total. The van der Waals surface area contributed by atoms with Crippen molar-refractivity contribution in [3.8, 4) is 0 Å². The maximum Gasteiger partial charge on any atom is 0.0314 e. The van der Waals surface area contributed by atoms with Gasteiger partial charge >= 0.3 is 0 Å². The lowest BCUT2D eigenvalue weighted by molar-refractivity contribution is 0.627. The van der Waals surface area contributed by atoms with E-state index in [4.69, 9.17) is 0 Å². The summed E-state index contributed by atoms with van der Waals surface area (Å²) in [7, 11) is 1.97. The summed E-state index contributed by atoms with van der Waals surface area (Å²) in [6.45, 7) is 7.96. The summed E-state index contributed by atoms with van der Waals surface area (Å²) < 4.78 is 0. The van der Waals surface area contributed by atoms with Crippen molar-refractivity contribution in [2.24, 2.45) is 0 Å². The predicted molar refractivity (Wildman–Crippen MR) is 56.2 cm³/mol. The summed E-state index contributed by atoms with van der Waals surface area (Å²) in [5, 5.41) is 3.24. The SMILES string of the molecule is C=C/C(=C\C=C/C)C(CC)NC. The predicted octanol–water partition coefficient (Wildman–Crippen LogP) is 2.67. The molecule has 12 heavy (non-hydrogen) atoms. The maximum atomic E-state index is 3.79. The van der Waals surface area contributed by atoms with Gasteiger partial charge in [-0.05, 0) is 26.0 Å². The summed E-state index contributed by atoms with van der Waals surface area (Å²) in [5.74, 6) is 0. The zero-order valence-corrected chi connectivity index (χ0v) is 8.30. The van der Waals surface area contributed by atoms with Crippen LogP contribution in [0.1, 0.15) is 20.3 Å². The molecule has 68 valence electrons. The molecule has 0 aliphatic rings. The van der Waals surface area contributed by atoms with Crippen LogP contribution >= 0.6 is 0 Å². The van der Waals surface area contributed by atoms with Gasteiger partial charge in [-0.15, -0.1) is 0 Å². The molecule has 1 nitrogen and oxygen atoms in total. The Morgan fingerprint density at radius 2 is 2.25 bits per heavy atom. The first kappa shape index (κ1) is 11.2. The van der Waals surface area contributed by atoms with Gasteiger partial charge in [-0.1, -0.05) is 37.8 Å². The third kappa shape index (κ3) is 3.54. The number of likely N-dealkylation sites (N-methyl/N-ethyl adjacent to an activating group) is 1. The second kappa shape index (κ2) is 6.86. The summed E-state index contributed by atoms with van der Waals surface area (Å²) >= 11 is 0. The Balaban J connectivity index is 4.39. The molecule has 0 aromatic heterocycles. The van der Waals surface area contributed by atoms with Crippen LogP contribution in [0.2, 0.25) is 0 Å². The van der Waals surface area contributed by atoms with E-state index < -0.39 is 0 Å². The van der Waals surface area contributed by atoms with Crippen molar-refractivity contribution in [3.63, 3.8) is 0 Å². The molecule has 0 saturated heterocycles. The van der Waals surface area contributed by atoms with Crippen LogP contribution in [0.4, 0.5) is 0 Å². The average Bonchev–Trinajstić information content (AvgIpc) is 2.12. The minimum absolute atomic E-state index is 0.429. The van der Waals surface area contributed by atoms with E-state index in [2.05, 4.69) is 24.9 Å². The van der Waals surface area contributed by atoms with Gasteiger partial charge in [-0.3, -0.25) is 0 Å². The molecule has 0 radical (unpaired) electrons. The quantitative estimate of drug-likeness (QED) is 0.618. The highest BCUT2D eigenvalue weighted by Crippen LogP contribution is 2.06. The Bertz CT molecular complexity index is 173. The van der Waals surface area contributed by atoms with Crippen molar-refractivity contribution >= 4 is 0 Å². The summed E-state index contributed by atoms with van der Waals surface area (Å²) in [4.78, 5) is 0. The molecule has 0 heterocycles. The molecule has 1 unspecified atom stereocenters. The second-order valence-electron chi connectivity index (χ2n) is 2.65. The van der Waals surface area contributed by atoms with Gasteiger partial charge in [0.15, 0.2) is 0 Å². The van der Waals surface area contributed by atoms with E-state index in [0.717, 1.165) is 6.42 Å².